The van der Waals surface area contributed by atoms with Crippen molar-refractivity contribution in [2.75, 3.05) is 26.9 Å². The van der Waals surface area contributed by atoms with Gasteiger partial charge >= 0.3 is 0 Å². The third-order valence-corrected chi connectivity index (χ3v) is 2.81. The van der Waals surface area contributed by atoms with Gasteiger partial charge in [0.25, 0.3) is 0 Å². The number of methoxy groups -OCH3 is 1. The Bertz CT molecular complexity index is 419. The molecule has 0 aliphatic carbocycles. The number of nitriles is 1. The second-order valence-corrected chi connectivity index (χ2v) is 4.01. The molecule has 4 heteroatoms. The first kappa shape index (κ1) is 11.7. The highest BCUT2D eigenvalue weighted by molar-refractivity contribution is 5.47. The van der Waals surface area contributed by atoms with Gasteiger partial charge in [-0.3, -0.25) is 0 Å². The molecular formula is C13H15NO3. The average molecular weight is 233 g/mol. The zero-order valence-corrected chi connectivity index (χ0v) is 9.81. The van der Waals surface area contributed by atoms with Crippen LogP contribution >= 0.6 is 0 Å². The van der Waals surface area contributed by atoms with E-state index in [1.54, 1.807) is 25.3 Å². The third kappa shape index (κ3) is 2.89. The van der Waals surface area contributed by atoms with Crippen molar-refractivity contribution in [1.82, 2.24) is 0 Å². The minimum atomic E-state index is 0.424. The Morgan fingerprint density at radius 2 is 2.41 bits per heavy atom. The predicted molar refractivity (Wildman–Crippen MR) is 62.1 cm³/mol. The van der Waals surface area contributed by atoms with E-state index in [1.165, 1.54) is 0 Å². The number of benzene rings is 1. The largest absolute Gasteiger partial charge is 0.497 e. The van der Waals surface area contributed by atoms with Gasteiger partial charge in [-0.1, -0.05) is 0 Å². The second-order valence-electron chi connectivity index (χ2n) is 4.01. The Kier molecular flexibility index (Phi) is 3.84. The van der Waals surface area contributed by atoms with Crippen LogP contribution in [0.1, 0.15) is 12.0 Å². The molecule has 0 aromatic heterocycles. The fourth-order valence-electron chi connectivity index (χ4n) is 1.76. The van der Waals surface area contributed by atoms with E-state index >= 15 is 0 Å². The molecule has 0 spiro atoms. The lowest BCUT2D eigenvalue weighted by atomic mass is 10.1. The highest BCUT2D eigenvalue weighted by atomic mass is 16.5. The molecule has 1 aromatic carbocycles. The van der Waals surface area contributed by atoms with E-state index < -0.39 is 0 Å². The van der Waals surface area contributed by atoms with Crippen LogP contribution in [0, 0.1) is 17.2 Å². The normalized spacial score (nSPS) is 18.7. The van der Waals surface area contributed by atoms with Gasteiger partial charge in [-0.05, 0) is 18.6 Å². The molecule has 17 heavy (non-hydrogen) atoms. The second kappa shape index (κ2) is 5.55. The van der Waals surface area contributed by atoms with Gasteiger partial charge in [0, 0.05) is 18.6 Å². The zero-order valence-electron chi connectivity index (χ0n) is 9.81. The first-order valence-corrected chi connectivity index (χ1v) is 5.62. The van der Waals surface area contributed by atoms with Crippen molar-refractivity contribution < 1.29 is 14.2 Å². The van der Waals surface area contributed by atoms with Crippen molar-refractivity contribution >= 4 is 0 Å². The zero-order chi connectivity index (χ0) is 12.1. The minimum absolute atomic E-state index is 0.424. The van der Waals surface area contributed by atoms with E-state index in [0.29, 0.717) is 29.6 Å². The van der Waals surface area contributed by atoms with Crippen LogP contribution in [0.15, 0.2) is 18.2 Å². The molecule has 2 rings (SSSR count). The molecule has 0 amide bonds. The summed E-state index contributed by atoms with van der Waals surface area (Å²) in [7, 11) is 1.59. The molecule has 4 nitrogen and oxygen atoms in total. The molecule has 0 N–H and O–H groups in total. The highest BCUT2D eigenvalue weighted by Crippen LogP contribution is 2.25. The molecule has 1 atom stereocenters. The number of ether oxygens (including phenoxy) is 3. The van der Waals surface area contributed by atoms with Gasteiger partial charge in [-0.15, -0.1) is 0 Å². The molecule has 0 radical (unpaired) electrons. The molecule has 0 bridgehead atoms. The molecule has 0 saturated carbocycles. The van der Waals surface area contributed by atoms with Crippen molar-refractivity contribution in [3.05, 3.63) is 23.8 Å². The summed E-state index contributed by atoms with van der Waals surface area (Å²) >= 11 is 0. The van der Waals surface area contributed by atoms with Crippen LogP contribution in [0.3, 0.4) is 0 Å². The van der Waals surface area contributed by atoms with Crippen molar-refractivity contribution in [1.29, 1.82) is 5.26 Å². The summed E-state index contributed by atoms with van der Waals surface area (Å²) in [6.07, 6.45) is 1.02. The Hall–Kier alpha value is -1.73. The quantitative estimate of drug-likeness (QED) is 0.798. The van der Waals surface area contributed by atoms with Crippen molar-refractivity contribution in [2.45, 2.75) is 6.42 Å². The first-order chi connectivity index (χ1) is 8.33. The Morgan fingerprint density at radius 1 is 1.53 bits per heavy atom. The molecule has 1 aromatic rings. The summed E-state index contributed by atoms with van der Waals surface area (Å²) < 4.78 is 16.1. The lowest BCUT2D eigenvalue weighted by molar-refractivity contribution is 0.167. The van der Waals surface area contributed by atoms with Crippen LogP contribution < -0.4 is 9.47 Å². The van der Waals surface area contributed by atoms with E-state index in [9.17, 15) is 0 Å². The molecule has 90 valence electrons. The summed E-state index contributed by atoms with van der Waals surface area (Å²) in [5.41, 5.74) is 0.532. The minimum Gasteiger partial charge on any atom is -0.497 e. The molecule has 1 unspecified atom stereocenters. The molecule has 1 saturated heterocycles. The first-order valence-electron chi connectivity index (χ1n) is 5.62. The lowest BCUT2D eigenvalue weighted by Crippen LogP contribution is -2.12. The Labute approximate surface area is 101 Å². The summed E-state index contributed by atoms with van der Waals surface area (Å²) in [6.45, 7) is 2.13. The van der Waals surface area contributed by atoms with Gasteiger partial charge in [0.05, 0.1) is 25.9 Å². The van der Waals surface area contributed by atoms with E-state index in [4.69, 9.17) is 19.5 Å². The summed E-state index contributed by atoms with van der Waals surface area (Å²) in [5.74, 6) is 1.70. The van der Waals surface area contributed by atoms with Crippen LogP contribution in [0.4, 0.5) is 0 Å². The fourth-order valence-corrected chi connectivity index (χ4v) is 1.76. The maximum absolute atomic E-state index is 8.98. The van der Waals surface area contributed by atoms with Crippen LogP contribution in [0.5, 0.6) is 11.5 Å². The maximum atomic E-state index is 8.98. The van der Waals surface area contributed by atoms with Gasteiger partial charge in [0.15, 0.2) is 0 Å². The highest BCUT2D eigenvalue weighted by Gasteiger charge is 2.17. The molecule has 1 fully saturated rings. The maximum Gasteiger partial charge on any atom is 0.140 e. The summed E-state index contributed by atoms with van der Waals surface area (Å²) in [5, 5.41) is 8.98. The molecule has 1 aliphatic heterocycles. The summed E-state index contributed by atoms with van der Waals surface area (Å²) in [6, 6.07) is 7.32. The van der Waals surface area contributed by atoms with Crippen LogP contribution in [-0.2, 0) is 4.74 Å². The number of hydrogen-bond acceptors (Lipinski definition) is 4. The average Bonchev–Trinajstić information content (AvgIpc) is 2.89. The van der Waals surface area contributed by atoms with E-state index in [0.717, 1.165) is 19.6 Å². The standard InChI is InChI=1S/C13H15NO3/c1-15-12-3-2-11(7-14)13(6-12)17-9-10-4-5-16-8-10/h2-3,6,10H,4-5,8-9H2,1H3. The Balaban J connectivity index is 2.04. The Morgan fingerprint density at radius 3 is 3.06 bits per heavy atom. The number of rotatable bonds is 4. The van der Waals surface area contributed by atoms with Crippen LogP contribution in [-0.4, -0.2) is 26.9 Å². The monoisotopic (exact) mass is 233 g/mol. The van der Waals surface area contributed by atoms with Crippen molar-refractivity contribution in [3.63, 3.8) is 0 Å². The topological polar surface area (TPSA) is 51.5 Å². The van der Waals surface area contributed by atoms with Gasteiger partial charge in [0.1, 0.15) is 17.6 Å². The van der Waals surface area contributed by atoms with E-state index in [2.05, 4.69) is 6.07 Å². The van der Waals surface area contributed by atoms with Crippen LogP contribution in [0.25, 0.3) is 0 Å². The third-order valence-electron chi connectivity index (χ3n) is 2.81. The summed E-state index contributed by atoms with van der Waals surface area (Å²) in [4.78, 5) is 0. The van der Waals surface area contributed by atoms with Gasteiger partial charge < -0.3 is 14.2 Å². The lowest BCUT2D eigenvalue weighted by Gasteiger charge is -2.12. The van der Waals surface area contributed by atoms with Gasteiger partial charge in [-0.25, -0.2) is 0 Å². The number of hydrogen-bond donors (Lipinski definition) is 0. The molecule has 1 heterocycles. The van der Waals surface area contributed by atoms with Gasteiger partial charge in [-0.2, -0.15) is 5.26 Å². The van der Waals surface area contributed by atoms with E-state index in [-0.39, 0.29) is 0 Å². The van der Waals surface area contributed by atoms with Crippen molar-refractivity contribution in [3.8, 4) is 17.6 Å². The fraction of sp³-hybridized carbons (Fsp3) is 0.462. The predicted octanol–water partition coefficient (Wildman–Crippen LogP) is 1.98. The smallest absolute Gasteiger partial charge is 0.140 e. The van der Waals surface area contributed by atoms with Crippen molar-refractivity contribution in [2.24, 2.45) is 5.92 Å². The van der Waals surface area contributed by atoms with Crippen LogP contribution in [0.2, 0.25) is 0 Å². The SMILES string of the molecule is COc1ccc(C#N)c(OCC2CCOC2)c1. The van der Waals surface area contributed by atoms with E-state index in [1.807, 2.05) is 0 Å². The van der Waals surface area contributed by atoms with Gasteiger partial charge in [0.2, 0.25) is 0 Å². The molecular weight excluding hydrogens is 218 g/mol. The molecule has 1 aliphatic rings. The number of nitrogens with zero attached hydrogens (tertiary/aromatic N) is 1.